The molecule has 0 radical (unpaired) electrons. The number of fused-ring (bicyclic) bond motifs is 1. The van der Waals surface area contributed by atoms with E-state index in [0.717, 1.165) is 48.6 Å². The van der Waals surface area contributed by atoms with Crippen molar-refractivity contribution in [2.75, 3.05) is 25.0 Å². The van der Waals surface area contributed by atoms with E-state index in [0.29, 0.717) is 5.56 Å². The predicted octanol–water partition coefficient (Wildman–Crippen LogP) is 2.84. The van der Waals surface area contributed by atoms with E-state index in [9.17, 15) is 9.18 Å². The van der Waals surface area contributed by atoms with Crippen molar-refractivity contribution in [2.24, 2.45) is 0 Å². The van der Waals surface area contributed by atoms with Gasteiger partial charge in [0.25, 0.3) is 5.91 Å². The maximum atomic E-state index is 13.4. The lowest BCUT2D eigenvalue weighted by atomic mass is 9.96. The van der Waals surface area contributed by atoms with Crippen LogP contribution in [0.5, 0.6) is 0 Å². The highest BCUT2D eigenvalue weighted by atomic mass is 19.1. The molecule has 1 aromatic carbocycles. The number of halogens is 1. The van der Waals surface area contributed by atoms with E-state index in [1.165, 1.54) is 12.1 Å². The Bertz CT molecular complexity index is 946. The Labute approximate surface area is 150 Å². The van der Waals surface area contributed by atoms with Crippen molar-refractivity contribution in [1.82, 2.24) is 20.3 Å². The van der Waals surface area contributed by atoms with Gasteiger partial charge in [-0.05, 0) is 43.2 Å². The number of imidazole rings is 1. The van der Waals surface area contributed by atoms with Gasteiger partial charge >= 0.3 is 0 Å². The third-order valence-electron chi connectivity index (χ3n) is 4.90. The molecule has 7 heteroatoms. The van der Waals surface area contributed by atoms with Gasteiger partial charge < -0.3 is 15.2 Å². The SMILES string of the molecule is CNC(=O)c1cccnc1N1CCC(c2nc3ccc(F)cc3[nH]2)CC1. The Morgan fingerprint density at radius 1 is 1.31 bits per heavy atom. The van der Waals surface area contributed by atoms with Crippen LogP contribution in [-0.2, 0) is 0 Å². The third kappa shape index (κ3) is 3.00. The van der Waals surface area contributed by atoms with Crippen molar-refractivity contribution in [3.63, 3.8) is 0 Å². The molecule has 1 saturated heterocycles. The lowest BCUT2D eigenvalue weighted by Gasteiger charge is -2.32. The highest BCUT2D eigenvalue weighted by Crippen LogP contribution is 2.30. The summed E-state index contributed by atoms with van der Waals surface area (Å²) < 4.78 is 13.4. The zero-order valence-corrected chi connectivity index (χ0v) is 14.5. The summed E-state index contributed by atoms with van der Waals surface area (Å²) in [6.07, 6.45) is 3.50. The number of nitrogens with one attached hydrogen (secondary N) is 2. The highest BCUT2D eigenvalue weighted by Gasteiger charge is 2.26. The lowest BCUT2D eigenvalue weighted by Crippen LogP contribution is -2.35. The number of anilines is 1. The molecule has 1 amide bonds. The molecule has 134 valence electrons. The molecular weight excluding hydrogens is 333 g/mol. The fourth-order valence-electron chi connectivity index (χ4n) is 3.52. The van der Waals surface area contributed by atoms with Crippen LogP contribution in [0.2, 0.25) is 0 Å². The maximum Gasteiger partial charge on any atom is 0.254 e. The molecule has 4 rings (SSSR count). The summed E-state index contributed by atoms with van der Waals surface area (Å²) in [6, 6.07) is 8.17. The number of H-pyrrole nitrogens is 1. The minimum absolute atomic E-state index is 0.130. The zero-order valence-electron chi connectivity index (χ0n) is 14.5. The van der Waals surface area contributed by atoms with Crippen molar-refractivity contribution in [2.45, 2.75) is 18.8 Å². The van der Waals surface area contributed by atoms with Gasteiger partial charge in [0, 0.05) is 32.3 Å². The van der Waals surface area contributed by atoms with E-state index < -0.39 is 0 Å². The molecule has 0 bridgehead atoms. The first-order chi connectivity index (χ1) is 12.7. The first-order valence-electron chi connectivity index (χ1n) is 8.73. The summed E-state index contributed by atoms with van der Waals surface area (Å²) in [5.74, 6) is 1.51. The number of benzene rings is 1. The van der Waals surface area contributed by atoms with Crippen LogP contribution in [0.4, 0.5) is 10.2 Å². The Balaban J connectivity index is 1.51. The number of aromatic nitrogens is 3. The minimum atomic E-state index is -0.264. The lowest BCUT2D eigenvalue weighted by molar-refractivity contribution is 0.0963. The number of piperidine rings is 1. The molecule has 1 fully saturated rings. The molecule has 3 aromatic rings. The van der Waals surface area contributed by atoms with Gasteiger partial charge in [0.1, 0.15) is 17.5 Å². The summed E-state index contributed by atoms with van der Waals surface area (Å²) in [7, 11) is 1.62. The summed E-state index contributed by atoms with van der Waals surface area (Å²) in [4.78, 5) is 26.5. The van der Waals surface area contributed by atoms with Crippen molar-refractivity contribution < 1.29 is 9.18 Å². The highest BCUT2D eigenvalue weighted by molar-refractivity contribution is 5.98. The second-order valence-electron chi connectivity index (χ2n) is 6.50. The molecule has 1 aliphatic heterocycles. The summed E-state index contributed by atoms with van der Waals surface area (Å²) >= 11 is 0. The molecule has 1 aliphatic rings. The first kappa shape index (κ1) is 16.5. The van der Waals surface area contributed by atoms with Crippen LogP contribution in [0.1, 0.15) is 34.9 Å². The second-order valence-corrected chi connectivity index (χ2v) is 6.50. The monoisotopic (exact) mass is 353 g/mol. The number of nitrogens with zero attached hydrogens (tertiary/aromatic N) is 3. The van der Waals surface area contributed by atoms with Crippen LogP contribution in [0.3, 0.4) is 0 Å². The quantitative estimate of drug-likeness (QED) is 0.759. The smallest absolute Gasteiger partial charge is 0.254 e. The number of hydrogen-bond donors (Lipinski definition) is 2. The standard InChI is InChI=1S/C19H20FN5O/c1-21-19(26)14-3-2-8-22-18(14)25-9-6-12(7-10-25)17-23-15-5-4-13(20)11-16(15)24-17/h2-5,8,11-12H,6-7,9-10H2,1H3,(H,21,26)(H,23,24). The van der Waals surface area contributed by atoms with Crippen LogP contribution in [0.25, 0.3) is 11.0 Å². The number of pyridine rings is 1. The van der Waals surface area contributed by atoms with Crippen molar-refractivity contribution >= 4 is 22.8 Å². The number of carbonyl (C=O) groups is 1. The van der Waals surface area contributed by atoms with E-state index in [1.54, 1.807) is 31.4 Å². The number of carbonyl (C=O) groups excluding carboxylic acids is 1. The van der Waals surface area contributed by atoms with Crippen LogP contribution in [0, 0.1) is 5.82 Å². The summed E-state index contributed by atoms with van der Waals surface area (Å²) in [5, 5.41) is 2.66. The molecular formula is C19H20FN5O. The average molecular weight is 353 g/mol. The van der Waals surface area contributed by atoms with Crippen LogP contribution < -0.4 is 10.2 Å². The number of hydrogen-bond acceptors (Lipinski definition) is 4. The van der Waals surface area contributed by atoms with Gasteiger partial charge in [-0.2, -0.15) is 0 Å². The molecule has 0 aliphatic carbocycles. The topological polar surface area (TPSA) is 73.9 Å². The largest absolute Gasteiger partial charge is 0.356 e. The van der Waals surface area contributed by atoms with Gasteiger partial charge in [-0.25, -0.2) is 14.4 Å². The second kappa shape index (κ2) is 6.74. The van der Waals surface area contributed by atoms with E-state index in [1.807, 2.05) is 0 Å². The normalized spacial score (nSPS) is 15.4. The van der Waals surface area contributed by atoms with E-state index in [4.69, 9.17) is 0 Å². The van der Waals surface area contributed by atoms with Crippen molar-refractivity contribution in [3.8, 4) is 0 Å². The van der Waals surface area contributed by atoms with Crippen molar-refractivity contribution in [1.29, 1.82) is 0 Å². The molecule has 0 spiro atoms. The van der Waals surface area contributed by atoms with Gasteiger partial charge in [-0.1, -0.05) is 0 Å². The van der Waals surface area contributed by atoms with Crippen LogP contribution >= 0.6 is 0 Å². The number of amides is 1. The Morgan fingerprint density at radius 2 is 2.12 bits per heavy atom. The van der Waals surface area contributed by atoms with Gasteiger partial charge in [0.15, 0.2) is 0 Å². The maximum absolute atomic E-state index is 13.4. The van der Waals surface area contributed by atoms with Crippen LogP contribution in [0.15, 0.2) is 36.5 Å². The van der Waals surface area contributed by atoms with Gasteiger partial charge in [0.05, 0.1) is 16.6 Å². The van der Waals surface area contributed by atoms with E-state index in [2.05, 4.69) is 25.2 Å². The zero-order chi connectivity index (χ0) is 18.1. The summed E-state index contributed by atoms with van der Waals surface area (Å²) in [5.41, 5.74) is 2.11. The van der Waals surface area contributed by atoms with Gasteiger partial charge in [0.2, 0.25) is 0 Å². The fraction of sp³-hybridized carbons (Fsp3) is 0.316. The molecule has 2 aromatic heterocycles. The average Bonchev–Trinajstić information content (AvgIpc) is 3.10. The Morgan fingerprint density at radius 3 is 2.88 bits per heavy atom. The molecule has 26 heavy (non-hydrogen) atoms. The molecule has 2 N–H and O–H groups in total. The van der Waals surface area contributed by atoms with Crippen LogP contribution in [-0.4, -0.2) is 41.0 Å². The predicted molar refractivity (Wildman–Crippen MR) is 97.9 cm³/mol. The molecule has 0 saturated carbocycles. The van der Waals surface area contributed by atoms with E-state index in [-0.39, 0.29) is 17.6 Å². The molecule has 0 atom stereocenters. The molecule has 0 unspecified atom stereocenters. The Hall–Kier alpha value is -2.96. The van der Waals surface area contributed by atoms with Gasteiger partial charge in [-0.3, -0.25) is 4.79 Å². The number of rotatable bonds is 3. The first-order valence-corrected chi connectivity index (χ1v) is 8.73. The molecule has 6 nitrogen and oxygen atoms in total. The van der Waals surface area contributed by atoms with Crippen molar-refractivity contribution in [3.05, 3.63) is 53.7 Å². The Kier molecular flexibility index (Phi) is 4.28. The number of aromatic amines is 1. The van der Waals surface area contributed by atoms with E-state index >= 15 is 0 Å². The summed E-state index contributed by atoms with van der Waals surface area (Å²) in [6.45, 7) is 1.58. The molecule has 3 heterocycles. The van der Waals surface area contributed by atoms with Gasteiger partial charge in [-0.15, -0.1) is 0 Å². The fourth-order valence-corrected chi connectivity index (χ4v) is 3.52. The minimum Gasteiger partial charge on any atom is -0.356 e. The third-order valence-corrected chi connectivity index (χ3v) is 4.90.